The second-order valence-corrected chi connectivity index (χ2v) is 4.92. The zero-order valence-electron chi connectivity index (χ0n) is 13.0. The van der Waals surface area contributed by atoms with Crippen molar-refractivity contribution in [3.8, 4) is 0 Å². The van der Waals surface area contributed by atoms with Crippen molar-refractivity contribution in [1.82, 2.24) is 0 Å². The number of aliphatic carboxylic acids is 1. The first-order valence-corrected chi connectivity index (χ1v) is 7.86. The normalized spacial score (nSPS) is 13.3. The molecule has 0 saturated heterocycles. The third-order valence-electron chi connectivity index (χ3n) is 3.06. The first kappa shape index (κ1) is 18.9. The van der Waals surface area contributed by atoms with Crippen LogP contribution in [-0.2, 0) is 9.53 Å². The summed E-state index contributed by atoms with van der Waals surface area (Å²) in [4.78, 5) is 10.7. The number of rotatable bonds is 13. The molecule has 3 nitrogen and oxygen atoms in total. The van der Waals surface area contributed by atoms with E-state index in [9.17, 15) is 4.79 Å². The molecule has 1 atom stereocenters. The van der Waals surface area contributed by atoms with Gasteiger partial charge < -0.3 is 9.84 Å². The van der Waals surface area contributed by atoms with Crippen molar-refractivity contribution in [1.29, 1.82) is 0 Å². The standard InChI is InChI=1S/C17H30O3/c1-3-5-6-7-8-9-10-11-12-13-14-15-20-16(4-2)17(18)19/h8-9,11-12,16H,3-7,10,13-15H2,1-2H3,(H,18,19)/b9-8-,12-11-. The minimum absolute atomic E-state index is 0.516. The highest BCUT2D eigenvalue weighted by Gasteiger charge is 2.14. The van der Waals surface area contributed by atoms with Crippen molar-refractivity contribution in [2.24, 2.45) is 0 Å². The molecular formula is C17H30O3. The Labute approximate surface area is 123 Å². The van der Waals surface area contributed by atoms with E-state index in [1.165, 1.54) is 25.7 Å². The van der Waals surface area contributed by atoms with Crippen LogP contribution < -0.4 is 0 Å². The average molecular weight is 282 g/mol. The molecule has 0 rings (SSSR count). The van der Waals surface area contributed by atoms with Gasteiger partial charge in [-0.05, 0) is 38.5 Å². The Morgan fingerprint density at radius 2 is 1.70 bits per heavy atom. The summed E-state index contributed by atoms with van der Waals surface area (Å²) < 4.78 is 5.29. The molecule has 0 aromatic heterocycles. The van der Waals surface area contributed by atoms with E-state index in [4.69, 9.17) is 9.84 Å². The van der Waals surface area contributed by atoms with Crippen molar-refractivity contribution in [2.75, 3.05) is 6.61 Å². The maximum absolute atomic E-state index is 10.7. The molecule has 0 saturated carbocycles. The van der Waals surface area contributed by atoms with Gasteiger partial charge in [0.1, 0.15) is 0 Å². The van der Waals surface area contributed by atoms with Gasteiger partial charge in [-0.2, -0.15) is 0 Å². The summed E-state index contributed by atoms with van der Waals surface area (Å²) in [5, 5.41) is 8.80. The molecule has 0 aliphatic carbocycles. The Kier molecular flexibility index (Phi) is 13.5. The van der Waals surface area contributed by atoms with E-state index in [1.807, 2.05) is 6.92 Å². The number of hydrogen-bond acceptors (Lipinski definition) is 2. The highest BCUT2D eigenvalue weighted by Crippen LogP contribution is 2.02. The van der Waals surface area contributed by atoms with E-state index in [-0.39, 0.29) is 0 Å². The highest BCUT2D eigenvalue weighted by molar-refractivity contribution is 5.72. The summed E-state index contributed by atoms with van der Waals surface area (Å²) in [6.45, 7) is 4.56. The van der Waals surface area contributed by atoms with Crippen LogP contribution in [0.2, 0.25) is 0 Å². The lowest BCUT2D eigenvalue weighted by atomic mass is 10.2. The van der Waals surface area contributed by atoms with Gasteiger partial charge in [0, 0.05) is 6.61 Å². The fourth-order valence-electron chi connectivity index (χ4n) is 1.81. The van der Waals surface area contributed by atoms with Gasteiger partial charge in [0.15, 0.2) is 6.10 Å². The molecule has 0 heterocycles. The van der Waals surface area contributed by atoms with Crippen LogP contribution in [0.1, 0.15) is 65.2 Å². The number of carboxylic acids is 1. The van der Waals surface area contributed by atoms with Gasteiger partial charge >= 0.3 is 5.97 Å². The van der Waals surface area contributed by atoms with Crippen LogP contribution in [0.4, 0.5) is 0 Å². The lowest BCUT2D eigenvalue weighted by Gasteiger charge is -2.10. The Bertz CT molecular complexity index is 282. The predicted octanol–water partition coefficient (Wildman–Crippen LogP) is 4.73. The third-order valence-corrected chi connectivity index (χ3v) is 3.06. The number of allylic oxidation sites excluding steroid dienone is 4. The quantitative estimate of drug-likeness (QED) is 0.392. The predicted molar refractivity (Wildman–Crippen MR) is 83.9 cm³/mol. The molecule has 0 aliphatic rings. The monoisotopic (exact) mass is 282 g/mol. The maximum Gasteiger partial charge on any atom is 0.332 e. The summed E-state index contributed by atoms with van der Waals surface area (Å²) in [5.41, 5.74) is 0. The zero-order valence-corrected chi connectivity index (χ0v) is 13.0. The van der Waals surface area contributed by atoms with Gasteiger partial charge in [-0.1, -0.05) is 51.0 Å². The van der Waals surface area contributed by atoms with Crippen LogP contribution in [0.15, 0.2) is 24.3 Å². The van der Waals surface area contributed by atoms with Gasteiger partial charge in [0.25, 0.3) is 0 Å². The van der Waals surface area contributed by atoms with Gasteiger partial charge in [-0.3, -0.25) is 0 Å². The lowest BCUT2D eigenvalue weighted by molar-refractivity contribution is -0.150. The molecule has 0 aromatic rings. The summed E-state index contributed by atoms with van der Waals surface area (Å²) in [6.07, 6.45) is 16.5. The minimum atomic E-state index is -0.865. The highest BCUT2D eigenvalue weighted by atomic mass is 16.5. The Hall–Kier alpha value is -1.09. The topological polar surface area (TPSA) is 46.5 Å². The summed E-state index contributed by atoms with van der Waals surface area (Å²) in [6, 6.07) is 0. The average Bonchev–Trinajstić information content (AvgIpc) is 2.43. The molecule has 116 valence electrons. The molecule has 0 aromatic carbocycles. The first-order chi connectivity index (χ1) is 9.72. The van der Waals surface area contributed by atoms with Crippen molar-refractivity contribution < 1.29 is 14.6 Å². The van der Waals surface area contributed by atoms with E-state index in [0.717, 1.165) is 19.3 Å². The number of unbranched alkanes of at least 4 members (excludes halogenated alkanes) is 4. The van der Waals surface area contributed by atoms with Crippen LogP contribution in [0.25, 0.3) is 0 Å². The maximum atomic E-state index is 10.7. The van der Waals surface area contributed by atoms with E-state index in [2.05, 4.69) is 31.2 Å². The number of carbonyl (C=O) groups is 1. The second kappa shape index (κ2) is 14.3. The van der Waals surface area contributed by atoms with E-state index in [1.54, 1.807) is 0 Å². The largest absolute Gasteiger partial charge is 0.479 e. The van der Waals surface area contributed by atoms with Crippen LogP contribution >= 0.6 is 0 Å². The smallest absolute Gasteiger partial charge is 0.332 e. The molecule has 0 aliphatic heterocycles. The molecule has 0 spiro atoms. The van der Waals surface area contributed by atoms with Gasteiger partial charge in [0.05, 0.1) is 0 Å². The van der Waals surface area contributed by atoms with Gasteiger partial charge in [-0.15, -0.1) is 0 Å². The van der Waals surface area contributed by atoms with Crippen LogP contribution in [0, 0.1) is 0 Å². The molecular weight excluding hydrogens is 252 g/mol. The molecule has 0 fully saturated rings. The fraction of sp³-hybridized carbons (Fsp3) is 0.706. The molecule has 1 unspecified atom stereocenters. The van der Waals surface area contributed by atoms with Crippen LogP contribution in [-0.4, -0.2) is 23.8 Å². The molecule has 0 bridgehead atoms. The molecule has 20 heavy (non-hydrogen) atoms. The van der Waals surface area contributed by atoms with Crippen molar-refractivity contribution in [3.05, 3.63) is 24.3 Å². The summed E-state index contributed by atoms with van der Waals surface area (Å²) in [5.74, 6) is -0.865. The third kappa shape index (κ3) is 12.0. The van der Waals surface area contributed by atoms with Crippen molar-refractivity contribution >= 4 is 5.97 Å². The number of ether oxygens (including phenoxy) is 1. The first-order valence-electron chi connectivity index (χ1n) is 7.86. The lowest BCUT2D eigenvalue weighted by Crippen LogP contribution is -2.23. The second-order valence-electron chi connectivity index (χ2n) is 4.92. The fourth-order valence-corrected chi connectivity index (χ4v) is 1.81. The Balaban J connectivity index is 3.42. The van der Waals surface area contributed by atoms with Crippen molar-refractivity contribution in [2.45, 2.75) is 71.3 Å². The number of hydrogen-bond donors (Lipinski definition) is 1. The Morgan fingerprint density at radius 3 is 2.25 bits per heavy atom. The molecule has 3 heteroatoms. The molecule has 0 radical (unpaired) electrons. The molecule has 1 N–H and O–H groups in total. The zero-order chi connectivity index (χ0) is 15.1. The minimum Gasteiger partial charge on any atom is -0.479 e. The van der Waals surface area contributed by atoms with Gasteiger partial charge in [-0.25, -0.2) is 4.79 Å². The SMILES string of the molecule is CCCCC/C=C\C/C=C\CCCOC(CC)C(=O)O. The summed E-state index contributed by atoms with van der Waals surface area (Å²) >= 11 is 0. The van der Waals surface area contributed by atoms with Crippen molar-refractivity contribution in [3.63, 3.8) is 0 Å². The van der Waals surface area contributed by atoms with E-state index < -0.39 is 12.1 Å². The van der Waals surface area contributed by atoms with Gasteiger partial charge in [0.2, 0.25) is 0 Å². The van der Waals surface area contributed by atoms with Crippen LogP contribution in [0.3, 0.4) is 0 Å². The van der Waals surface area contributed by atoms with Crippen LogP contribution in [0.5, 0.6) is 0 Å². The summed E-state index contributed by atoms with van der Waals surface area (Å²) in [7, 11) is 0. The molecule has 0 amide bonds. The van der Waals surface area contributed by atoms with E-state index in [0.29, 0.717) is 13.0 Å². The Morgan fingerprint density at radius 1 is 1.05 bits per heavy atom. The van der Waals surface area contributed by atoms with E-state index >= 15 is 0 Å². The number of carboxylic acid groups (broad SMARTS) is 1.